The summed E-state index contributed by atoms with van der Waals surface area (Å²) in [6.45, 7) is 4.65. The standard InChI is InChI=1S/C18H17BrClN3O/c1-3-23-16(8-14-15(19)9-21-10-17(14)23)18(24)22-11(2)12-5-4-6-13(20)7-12/h4-11H,3H2,1-2H3,(H,22,24)/t11-/m1/s1. The van der Waals surface area contributed by atoms with Crippen LogP contribution in [0.15, 0.2) is 47.2 Å². The maximum Gasteiger partial charge on any atom is 0.268 e. The van der Waals surface area contributed by atoms with Crippen molar-refractivity contribution in [2.45, 2.75) is 26.4 Å². The topological polar surface area (TPSA) is 46.9 Å². The van der Waals surface area contributed by atoms with E-state index in [4.69, 9.17) is 11.6 Å². The molecule has 124 valence electrons. The fourth-order valence-electron chi connectivity index (χ4n) is 2.80. The Balaban J connectivity index is 1.92. The highest BCUT2D eigenvalue weighted by molar-refractivity contribution is 9.10. The molecule has 0 aliphatic heterocycles. The molecule has 0 aliphatic rings. The Kier molecular flexibility index (Phi) is 4.92. The molecule has 0 spiro atoms. The van der Waals surface area contributed by atoms with Crippen molar-refractivity contribution >= 4 is 44.3 Å². The molecule has 0 unspecified atom stereocenters. The number of nitrogens with zero attached hydrogens (tertiary/aromatic N) is 2. The van der Waals surface area contributed by atoms with Crippen LogP contribution in [0.2, 0.25) is 5.02 Å². The van der Waals surface area contributed by atoms with Gasteiger partial charge in [-0.2, -0.15) is 0 Å². The second-order valence-electron chi connectivity index (χ2n) is 5.58. The first-order valence-corrected chi connectivity index (χ1v) is 8.87. The van der Waals surface area contributed by atoms with Crippen molar-refractivity contribution in [2.75, 3.05) is 0 Å². The average molecular weight is 407 g/mol. The van der Waals surface area contributed by atoms with Gasteiger partial charge in [-0.1, -0.05) is 23.7 Å². The molecule has 0 saturated carbocycles. The first kappa shape index (κ1) is 17.0. The summed E-state index contributed by atoms with van der Waals surface area (Å²) in [5.74, 6) is -0.118. The summed E-state index contributed by atoms with van der Waals surface area (Å²) in [6.07, 6.45) is 3.51. The van der Waals surface area contributed by atoms with Gasteiger partial charge in [-0.25, -0.2) is 0 Å². The highest BCUT2D eigenvalue weighted by Crippen LogP contribution is 2.27. The number of amides is 1. The minimum Gasteiger partial charge on any atom is -0.344 e. The fourth-order valence-corrected chi connectivity index (χ4v) is 3.43. The van der Waals surface area contributed by atoms with Crippen LogP contribution in [0.1, 0.15) is 35.9 Å². The normalized spacial score (nSPS) is 12.3. The number of nitrogens with one attached hydrogen (secondary N) is 1. The number of pyridine rings is 1. The van der Waals surface area contributed by atoms with Crippen molar-refractivity contribution in [1.29, 1.82) is 0 Å². The summed E-state index contributed by atoms with van der Waals surface area (Å²) in [4.78, 5) is 17.0. The lowest BCUT2D eigenvalue weighted by atomic mass is 10.1. The molecule has 3 rings (SSSR count). The molecule has 3 aromatic rings. The number of carbonyl (C=O) groups excluding carboxylic acids is 1. The molecule has 0 radical (unpaired) electrons. The summed E-state index contributed by atoms with van der Waals surface area (Å²) < 4.78 is 2.84. The minimum atomic E-state index is -0.138. The molecule has 24 heavy (non-hydrogen) atoms. The lowest BCUT2D eigenvalue weighted by Crippen LogP contribution is -2.28. The number of aromatic nitrogens is 2. The van der Waals surface area contributed by atoms with Gasteiger partial charge in [0.2, 0.25) is 0 Å². The number of rotatable bonds is 4. The van der Waals surface area contributed by atoms with Crippen molar-refractivity contribution < 1.29 is 4.79 Å². The number of fused-ring (bicyclic) bond motifs is 1. The number of hydrogen-bond acceptors (Lipinski definition) is 2. The molecule has 0 bridgehead atoms. The Morgan fingerprint density at radius 3 is 2.88 bits per heavy atom. The van der Waals surface area contributed by atoms with E-state index >= 15 is 0 Å². The monoisotopic (exact) mass is 405 g/mol. The van der Waals surface area contributed by atoms with Crippen molar-refractivity contribution in [3.63, 3.8) is 0 Å². The Labute approximate surface area is 154 Å². The molecule has 0 saturated heterocycles. The van der Waals surface area contributed by atoms with E-state index in [1.165, 1.54) is 0 Å². The number of carbonyl (C=O) groups is 1. The van der Waals surface area contributed by atoms with Gasteiger partial charge in [0, 0.05) is 27.6 Å². The zero-order chi connectivity index (χ0) is 17.3. The third-order valence-corrected chi connectivity index (χ3v) is 4.89. The van der Waals surface area contributed by atoms with Gasteiger partial charge in [-0.3, -0.25) is 9.78 Å². The zero-order valence-corrected chi connectivity index (χ0v) is 15.7. The van der Waals surface area contributed by atoms with E-state index in [9.17, 15) is 4.79 Å². The van der Waals surface area contributed by atoms with Crippen molar-refractivity contribution in [1.82, 2.24) is 14.9 Å². The second kappa shape index (κ2) is 6.95. The molecule has 2 heterocycles. The molecule has 0 fully saturated rings. The third kappa shape index (κ3) is 3.19. The van der Waals surface area contributed by atoms with Crippen LogP contribution in [0.3, 0.4) is 0 Å². The van der Waals surface area contributed by atoms with Gasteiger partial charge >= 0.3 is 0 Å². The lowest BCUT2D eigenvalue weighted by Gasteiger charge is -2.15. The van der Waals surface area contributed by atoms with Crippen LogP contribution >= 0.6 is 27.5 Å². The van der Waals surface area contributed by atoms with Gasteiger partial charge < -0.3 is 9.88 Å². The number of hydrogen-bond donors (Lipinski definition) is 1. The Morgan fingerprint density at radius 1 is 1.38 bits per heavy atom. The van der Waals surface area contributed by atoms with Crippen molar-refractivity contribution in [3.05, 3.63) is 63.5 Å². The predicted octanol–water partition coefficient (Wildman–Crippen LogP) is 4.96. The molecular weight excluding hydrogens is 390 g/mol. The summed E-state index contributed by atoms with van der Waals surface area (Å²) in [5, 5.41) is 4.68. The second-order valence-corrected chi connectivity index (χ2v) is 6.87. The van der Waals surface area contributed by atoms with Crippen LogP contribution in [0.25, 0.3) is 10.9 Å². The summed E-state index contributed by atoms with van der Waals surface area (Å²) in [5.41, 5.74) is 2.53. The maximum atomic E-state index is 12.8. The zero-order valence-electron chi connectivity index (χ0n) is 13.4. The Hall–Kier alpha value is -1.85. The summed E-state index contributed by atoms with van der Waals surface area (Å²) in [7, 11) is 0. The highest BCUT2D eigenvalue weighted by Gasteiger charge is 2.18. The summed E-state index contributed by atoms with van der Waals surface area (Å²) in [6, 6.07) is 9.27. The van der Waals surface area contributed by atoms with E-state index in [0.717, 1.165) is 20.9 Å². The Bertz CT molecular complexity index is 906. The van der Waals surface area contributed by atoms with E-state index in [0.29, 0.717) is 17.3 Å². The van der Waals surface area contributed by atoms with Gasteiger partial charge in [0.05, 0.1) is 17.8 Å². The van der Waals surface area contributed by atoms with Crippen LogP contribution in [0.4, 0.5) is 0 Å². The minimum absolute atomic E-state index is 0.118. The van der Waals surface area contributed by atoms with Gasteiger partial charge in [0.15, 0.2) is 0 Å². The van der Waals surface area contributed by atoms with Gasteiger partial charge in [-0.05, 0) is 53.5 Å². The predicted molar refractivity (Wildman–Crippen MR) is 100 cm³/mol. The molecule has 6 heteroatoms. The quantitative estimate of drug-likeness (QED) is 0.665. The van der Waals surface area contributed by atoms with Gasteiger partial charge in [0.25, 0.3) is 5.91 Å². The fraction of sp³-hybridized carbons (Fsp3) is 0.222. The third-order valence-electron chi connectivity index (χ3n) is 4.03. The molecule has 1 atom stereocenters. The van der Waals surface area contributed by atoms with Crippen LogP contribution in [0.5, 0.6) is 0 Å². The molecule has 1 aromatic carbocycles. The lowest BCUT2D eigenvalue weighted by molar-refractivity contribution is 0.0931. The average Bonchev–Trinajstić information content (AvgIpc) is 2.95. The number of halogens is 2. The van der Waals surface area contributed by atoms with Gasteiger partial charge in [0.1, 0.15) is 5.69 Å². The van der Waals surface area contributed by atoms with E-state index in [-0.39, 0.29) is 11.9 Å². The van der Waals surface area contributed by atoms with E-state index in [2.05, 4.69) is 26.2 Å². The molecule has 1 amide bonds. The summed E-state index contributed by atoms with van der Waals surface area (Å²) >= 11 is 9.53. The van der Waals surface area contributed by atoms with E-state index < -0.39 is 0 Å². The largest absolute Gasteiger partial charge is 0.344 e. The van der Waals surface area contributed by atoms with Crippen LogP contribution < -0.4 is 5.32 Å². The van der Waals surface area contributed by atoms with Crippen LogP contribution in [-0.2, 0) is 6.54 Å². The smallest absolute Gasteiger partial charge is 0.268 e. The van der Waals surface area contributed by atoms with E-state index in [1.54, 1.807) is 12.4 Å². The molecule has 1 N–H and O–H groups in total. The molecule has 4 nitrogen and oxygen atoms in total. The van der Waals surface area contributed by atoms with Crippen molar-refractivity contribution in [2.24, 2.45) is 0 Å². The first-order chi connectivity index (χ1) is 11.5. The molecule has 2 aromatic heterocycles. The van der Waals surface area contributed by atoms with E-state index in [1.807, 2.05) is 48.7 Å². The first-order valence-electron chi connectivity index (χ1n) is 7.70. The van der Waals surface area contributed by atoms with Crippen LogP contribution in [0, 0.1) is 0 Å². The number of benzene rings is 1. The van der Waals surface area contributed by atoms with Gasteiger partial charge in [-0.15, -0.1) is 0 Å². The molecular formula is C18H17BrClN3O. The SMILES string of the molecule is CCn1c(C(=O)N[C@H](C)c2cccc(Cl)c2)cc2c(Br)cncc21. The maximum absolute atomic E-state index is 12.8. The Morgan fingerprint density at radius 2 is 2.17 bits per heavy atom. The molecule has 0 aliphatic carbocycles. The van der Waals surface area contributed by atoms with Crippen molar-refractivity contribution in [3.8, 4) is 0 Å². The highest BCUT2D eigenvalue weighted by atomic mass is 79.9. The van der Waals surface area contributed by atoms with Crippen LogP contribution in [-0.4, -0.2) is 15.5 Å². The number of aryl methyl sites for hydroxylation is 1.